The van der Waals surface area contributed by atoms with Gasteiger partial charge in [-0.15, -0.1) is 0 Å². The van der Waals surface area contributed by atoms with E-state index in [9.17, 15) is 4.79 Å². The lowest BCUT2D eigenvalue weighted by molar-refractivity contribution is -0.118. The van der Waals surface area contributed by atoms with E-state index in [1.807, 2.05) is 24.3 Å². The first-order valence-electron chi connectivity index (χ1n) is 8.43. The molecule has 2 aliphatic rings. The summed E-state index contributed by atoms with van der Waals surface area (Å²) in [6.45, 7) is 4.48. The van der Waals surface area contributed by atoms with E-state index in [0.29, 0.717) is 0 Å². The molecule has 1 amide bonds. The summed E-state index contributed by atoms with van der Waals surface area (Å²) in [6.07, 6.45) is 1.73. The second kappa shape index (κ2) is 5.58. The molecule has 0 atom stereocenters. The first-order valence-corrected chi connectivity index (χ1v) is 8.43. The van der Waals surface area contributed by atoms with Crippen LogP contribution < -0.4 is 20.3 Å². The van der Waals surface area contributed by atoms with Crippen molar-refractivity contribution in [3.8, 4) is 11.5 Å². The number of aryl methyl sites for hydroxylation is 1. The maximum atomic E-state index is 12.9. The van der Waals surface area contributed by atoms with Crippen LogP contribution in [0.1, 0.15) is 24.0 Å². The lowest BCUT2D eigenvalue weighted by atomic mass is 9.71. The van der Waals surface area contributed by atoms with Gasteiger partial charge in [0.15, 0.2) is 18.8 Å². The molecule has 122 valence electrons. The highest BCUT2D eigenvalue weighted by Gasteiger charge is 2.51. The van der Waals surface area contributed by atoms with Gasteiger partial charge in [-0.25, -0.2) is 0 Å². The fourth-order valence-electron chi connectivity index (χ4n) is 3.35. The molecule has 1 fully saturated rings. The second-order valence-corrected chi connectivity index (χ2v) is 6.60. The van der Waals surface area contributed by atoms with Crippen molar-refractivity contribution < 1.29 is 14.3 Å². The van der Waals surface area contributed by atoms with Crippen molar-refractivity contribution in [3.63, 3.8) is 0 Å². The number of amides is 1. The Kier molecular flexibility index (Phi) is 3.52. The van der Waals surface area contributed by atoms with Gasteiger partial charge in [-0.05, 0) is 49.6 Å². The minimum absolute atomic E-state index is 0.0623. The van der Waals surface area contributed by atoms with E-state index in [0.717, 1.165) is 42.9 Å². The number of carbonyl (C=O) groups is 1. The van der Waals surface area contributed by atoms with Gasteiger partial charge in [0.25, 0.3) is 0 Å². The van der Waals surface area contributed by atoms with E-state index in [1.165, 1.54) is 11.0 Å². The largest absolute Gasteiger partial charge is 0.454 e. The number of ether oxygens (including phenoxy) is 2. The third kappa shape index (κ3) is 2.44. The highest BCUT2D eigenvalue weighted by atomic mass is 16.7. The van der Waals surface area contributed by atoms with Gasteiger partial charge >= 0.3 is 0 Å². The molecule has 4 rings (SSSR count). The van der Waals surface area contributed by atoms with E-state index >= 15 is 0 Å². The molecule has 0 aromatic heterocycles. The normalized spacial score (nSPS) is 16.6. The number of rotatable bonds is 4. The van der Waals surface area contributed by atoms with Crippen molar-refractivity contribution in [2.45, 2.75) is 32.0 Å². The van der Waals surface area contributed by atoms with Gasteiger partial charge in [-0.2, -0.15) is 0 Å². The number of nitrogens with one attached hydrogen (secondary N) is 1. The summed E-state index contributed by atoms with van der Waals surface area (Å²) in [5, 5.41) is 3.10. The third-order valence-electron chi connectivity index (χ3n) is 5.10. The average Bonchev–Trinajstić information content (AvgIpc) is 3.28. The second-order valence-electron chi connectivity index (χ2n) is 6.60. The van der Waals surface area contributed by atoms with Crippen molar-refractivity contribution in [2.24, 2.45) is 0 Å². The lowest BCUT2D eigenvalue weighted by Gasteiger charge is -2.17. The standard InChI is InChI=1S/C19H20BNO3/c1-12-3-5-14(10-15(12)20-2)21-18(22)19(7-8-19)13-4-6-16-17(9-13)24-11-23-16/h3-6,9-10,20H,7-8,11H2,1-2H3,(H,21,22). The molecule has 2 aromatic carbocycles. The van der Waals surface area contributed by atoms with Crippen LogP contribution in [0.3, 0.4) is 0 Å². The molecule has 4 nitrogen and oxygen atoms in total. The van der Waals surface area contributed by atoms with E-state index in [-0.39, 0.29) is 12.7 Å². The molecular weight excluding hydrogens is 301 g/mol. The van der Waals surface area contributed by atoms with Crippen LogP contribution in [0.15, 0.2) is 36.4 Å². The topological polar surface area (TPSA) is 47.6 Å². The minimum atomic E-state index is -0.432. The predicted octanol–water partition coefficient (Wildman–Crippen LogP) is 2.50. The van der Waals surface area contributed by atoms with Crippen LogP contribution in [0.25, 0.3) is 0 Å². The summed E-state index contributed by atoms with van der Waals surface area (Å²) in [5.41, 5.74) is 3.97. The van der Waals surface area contributed by atoms with Gasteiger partial charge in [0.2, 0.25) is 12.7 Å². The maximum absolute atomic E-state index is 12.9. The highest BCUT2D eigenvalue weighted by molar-refractivity contribution is 6.52. The SMILES string of the molecule is CBc1cc(NC(=O)C2(c3ccc4c(c3)OCO4)CC2)ccc1C. The number of fused-ring (bicyclic) bond motifs is 1. The van der Waals surface area contributed by atoms with Crippen LogP contribution in [0.5, 0.6) is 11.5 Å². The first-order chi connectivity index (χ1) is 11.6. The predicted molar refractivity (Wildman–Crippen MR) is 95.9 cm³/mol. The molecule has 0 saturated heterocycles. The molecule has 0 bridgehead atoms. The van der Waals surface area contributed by atoms with Crippen molar-refractivity contribution >= 4 is 24.3 Å². The molecule has 1 aliphatic heterocycles. The smallest absolute Gasteiger partial charge is 0.235 e. The Hall–Kier alpha value is -2.43. The van der Waals surface area contributed by atoms with Crippen LogP contribution in [-0.4, -0.2) is 20.0 Å². The van der Waals surface area contributed by atoms with Crippen molar-refractivity contribution in [2.75, 3.05) is 12.1 Å². The van der Waals surface area contributed by atoms with Crippen molar-refractivity contribution in [1.82, 2.24) is 0 Å². The maximum Gasteiger partial charge on any atom is 0.235 e. The molecule has 1 N–H and O–H groups in total. The van der Waals surface area contributed by atoms with E-state index in [4.69, 9.17) is 9.47 Å². The molecule has 0 unspecified atom stereocenters. The molecule has 1 aliphatic carbocycles. The van der Waals surface area contributed by atoms with E-state index < -0.39 is 5.41 Å². The molecule has 2 aromatic rings. The molecule has 1 saturated carbocycles. The first kappa shape index (κ1) is 15.1. The van der Waals surface area contributed by atoms with Crippen LogP contribution in [0.4, 0.5) is 5.69 Å². The number of anilines is 1. The fraction of sp³-hybridized carbons (Fsp3) is 0.316. The number of carbonyl (C=O) groups excluding carboxylic acids is 1. The molecule has 1 heterocycles. The number of hydrogen-bond acceptors (Lipinski definition) is 3. The van der Waals surface area contributed by atoms with Gasteiger partial charge in [0.05, 0.1) is 5.41 Å². The van der Waals surface area contributed by atoms with Gasteiger partial charge in [0.1, 0.15) is 0 Å². The Labute approximate surface area is 142 Å². The van der Waals surface area contributed by atoms with Crippen LogP contribution in [0, 0.1) is 6.92 Å². The van der Waals surface area contributed by atoms with Crippen molar-refractivity contribution in [1.29, 1.82) is 0 Å². The summed E-state index contributed by atoms with van der Waals surface area (Å²) in [7, 11) is 0.961. The molecular formula is C19H20BNO3. The van der Waals surface area contributed by atoms with Gasteiger partial charge in [-0.3, -0.25) is 4.79 Å². The molecule has 24 heavy (non-hydrogen) atoms. The fourth-order valence-corrected chi connectivity index (χ4v) is 3.35. The lowest BCUT2D eigenvalue weighted by Crippen LogP contribution is -2.28. The monoisotopic (exact) mass is 321 g/mol. The quantitative estimate of drug-likeness (QED) is 0.880. The van der Waals surface area contributed by atoms with E-state index in [2.05, 4.69) is 31.2 Å². The summed E-state index contributed by atoms with van der Waals surface area (Å²) < 4.78 is 10.8. The Balaban J connectivity index is 1.58. The van der Waals surface area contributed by atoms with E-state index in [1.54, 1.807) is 0 Å². The minimum Gasteiger partial charge on any atom is -0.454 e. The molecule has 0 radical (unpaired) electrons. The third-order valence-corrected chi connectivity index (χ3v) is 5.10. The zero-order valence-corrected chi connectivity index (χ0v) is 14.0. The summed E-state index contributed by atoms with van der Waals surface area (Å²) in [6, 6.07) is 11.9. The zero-order valence-electron chi connectivity index (χ0n) is 14.0. The molecule has 5 heteroatoms. The average molecular weight is 321 g/mol. The summed E-state index contributed by atoms with van der Waals surface area (Å²) in [5.74, 6) is 1.54. The summed E-state index contributed by atoms with van der Waals surface area (Å²) >= 11 is 0. The van der Waals surface area contributed by atoms with Gasteiger partial charge in [-0.1, -0.05) is 30.0 Å². The number of hydrogen-bond donors (Lipinski definition) is 1. The number of benzene rings is 2. The van der Waals surface area contributed by atoms with Crippen LogP contribution in [0.2, 0.25) is 6.82 Å². The van der Waals surface area contributed by atoms with Crippen LogP contribution in [-0.2, 0) is 10.2 Å². The zero-order chi connectivity index (χ0) is 16.7. The Morgan fingerprint density at radius 2 is 1.92 bits per heavy atom. The van der Waals surface area contributed by atoms with Gasteiger partial charge in [0, 0.05) is 5.69 Å². The Morgan fingerprint density at radius 1 is 1.12 bits per heavy atom. The summed E-state index contributed by atoms with van der Waals surface area (Å²) in [4.78, 5) is 12.9. The van der Waals surface area contributed by atoms with Gasteiger partial charge < -0.3 is 14.8 Å². The highest BCUT2D eigenvalue weighted by Crippen LogP contribution is 2.51. The van der Waals surface area contributed by atoms with Crippen molar-refractivity contribution in [3.05, 3.63) is 47.5 Å². The molecule has 0 spiro atoms. The Bertz CT molecular complexity index is 814. The van der Waals surface area contributed by atoms with Crippen LogP contribution >= 0.6 is 0 Å². The Morgan fingerprint density at radius 3 is 2.67 bits per heavy atom.